The fraction of sp³-hybridized carbons (Fsp3) is 0.143. The molecule has 0 radical (unpaired) electrons. The van der Waals surface area contributed by atoms with Crippen molar-refractivity contribution in [1.82, 2.24) is 0 Å². The standard InChI is InChI=1S/C21H19ClN2O4/c1-21(2,28-17-10-8-14(22)9-11-17)20(26)24-16-6-3-5-15(13-16)23-19(25)18-7-4-12-27-18/h3-13H,1-2H3,(H,23,25)(H,24,26). The Morgan fingerprint density at radius 1 is 0.964 bits per heavy atom. The summed E-state index contributed by atoms with van der Waals surface area (Å²) in [7, 11) is 0. The van der Waals surface area contributed by atoms with Gasteiger partial charge in [0.1, 0.15) is 5.75 Å². The van der Waals surface area contributed by atoms with Gasteiger partial charge in [-0.05, 0) is 68.4 Å². The number of rotatable bonds is 6. The van der Waals surface area contributed by atoms with Crippen molar-refractivity contribution < 1.29 is 18.7 Å². The minimum atomic E-state index is -1.12. The van der Waals surface area contributed by atoms with E-state index < -0.39 is 5.60 Å². The zero-order chi connectivity index (χ0) is 20.1. The van der Waals surface area contributed by atoms with E-state index in [2.05, 4.69) is 10.6 Å². The Kier molecular flexibility index (Phi) is 5.70. The number of amides is 2. The predicted octanol–water partition coefficient (Wildman–Crippen LogP) is 4.98. The largest absolute Gasteiger partial charge is 0.478 e. The van der Waals surface area contributed by atoms with Crippen LogP contribution in [-0.4, -0.2) is 17.4 Å². The Morgan fingerprint density at radius 2 is 1.64 bits per heavy atom. The van der Waals surface area contributed by atoms with Gasteiger partial charge < -0.3 is 19.8 Å². The van der Waals surface area contributed by atoms with Gasteiger partial charge in [-0.2, -0.15) is 0 Å². The lowest BCUT2D eigenvalue weighted by molar-refractivity contribution is -0.128. The molecule has 7 heteroatoms. The van der Waals surface area contributed by atoms with E-state index in [1.807, 2.05) is 0 Å². The molecule has 0 saturated carbocycles. The van der Waals surface area contributed by atoms with Crippen LogP contribution in [0.5, 0.6) is 5.75 Å². The third-order valence-corrected chi connectivity index (χ3v) is 4.11. The summed E-state index contributed by atoms with van der Waals surface area (Å²) in [6, 6.07) is 16.8. The van der Waals surface area contributed by atoms with Crippen molar-refractivity contribution in [3.63, 3.8) is 0 Å². The monoisotopic (exact) mass is 398 g/mol. The van der Waals surface area contributed by atoms with Crippen LogP contribution in [0.2, 0.25) is 5.02 Å². The van der Waals surface area contributed by atoms with Gasteiger partial charge in [-0.15, -0.1) is 0 Å². The van der Waals surface area contributed by atoms with Crippen LogP contribution in [0.1, 0.15) is 24.4 Å². The molecule has 0 bridgehead atoms. The average molecular weight is 399 g/mol. The number of carbonyl (C=O) groups is 2. The first kappa shape index (κ1) is 19.5. The molecule has 3 aromatic rings. The Hall–Kier alpha value is -3.25. The van der Waals surface area contributed by atoms with Gasteiger partial charge in [-0.3, -0.25) is 9.59 Å². The van der Waals surface area contributed by atoms with E-state index in [9.17, 15) is 9.59 Å². The van der Waals surface area contributed by atoms with Crippen molar-refractivity contribution in [1.29, 1.82) is 0 Å². The van der Waals surface area contributed by atoms with Gasteiger partial charge in [-0.1, -0.05) is 17.7 Å². The lowest BCUT2D eigenvalue weighted by Crippen LogP contribution is -2.42. The highest BCUT2D eigenvalue weighted by Crippen LogP contribution is 2.23. The molecular weight excluding hydrogens is 380 g/mol. The summed E-state index contributed by atoms with van der Waals surface area (Å²) in [5.41, 5.74) is -0.0769. The molecule has 0 saturated heterocycles. The smallest absolute Gasteiger partial charge is 0.291 e. The molecule has 144 valence electrons. The summed E-state index contributed by atoms with van der Waals surface area (Å²) in [4.78, 5) is 24.7. The van der Waals surface area contributed by atoms with E-state index in [4.69, 9.17) is 20.8 Å². The number of halogens is 1. The lowest BCUT2D eigenvalue weighted by Gasteiger charge is -2.25. The molecule has 1 aromatic heterocycles. The third-order valence-electron chi connectivity index (χ3n) is 3.86. The molecule has 0 atom stereocenters. The number of hydrogen-bond acceptors (Lipinski definition) is 4. The van der Waals surface area contributed by atoms with Gasteiger partial charge in [0.15, 0.2) is 11.4 Å². The summed E-state index contributed by atoms with van der Waals surface area (Å²) < 4.78 is 10.8. The molecule has 0 aliphatic heterocycles. The zero-order valence-electron chi connectivity index (χ0n) is 15.4. The first-order valence-corrected chi connectivity index (χ1v) is 8.92. The molecule has 0 unspecified atom stereocenters. The van der Waals surface area contributed by atoms with Gasteiger partial charge in [0.25, 0.3) is 11.8 Å². The topological polar surface area (TPSA) is 80.6 Å². The van der Waals surface area contributed by atoms with Crippen molar-refractivity contribution >= 4 is 34.8 Å². The molecule has 2 aromatic carbocycles. The summed E-state index contributed by atoms with van der Waals surface area (Å²) in [5, 5.41) is 6.10. The summed E-state index contributed by atoms with van der Waals surface area (Å²) in [5.74, 6) is 0.0211. The Morgan fingerprint density at radius 3 is 2.29 bits per heavy atom. The second kappa shape index (κ2) is 8.19. The average Bonchev–Trinajstić information content (AvgIpc) is 3.19. The van der Waals surface area contributed by atoms with E-state index >= 15 is 0 Å². The maximum atomic E-state index is 12.7. The maximum absolute atomic E-state index is 12.7. The Balaban J connectivity index is 1.66. The van der Waals surface area contributed by atoms with Gasteiger partial charge >= 0.3 is 0 Å². The van der Waals surface area contributed by atoms with Crippen molar-refractivity contribution in [2.24, 2.45) is 0 Å². The first-order chi connectivity index (χ1) is 13.3. The highest BCUT2D eigenvalue weighted by atomic mass is 35.5. The van der Waals surface area contributed by atoms with Crippen LogP contribution < -0.4 is 15.4 Å². The molecule has 2 amide bonds. The van der Waals surface area contributed by atoms with E-state index in [-0.39, 0.29) is 17.6 Å². The van der Waals surface area contributed by atoms with Crippen LogP contribution in [0.4, 0.5) is 11.4 Å². The Bertz CT molecular complexity index is 966. The molecule has 0 fully saturated rings. The van der Waals surface area contributed by atoms with Crippen LogP contribution in [-0.2, 0) is 4.79 Å². The second-order valence-corrected chi connectivity index (χ2v) is 6.97. The number of anilines is 2. The molecule has 6 nitrogen and oxygen atoms in total. The van der Waals surface area contributed by atoms with Crippen molar-refractivity contribution in [3.05, 3.63) is 77.7 Å². The number of benzene rings is 2. The highest BCUT2D eigenvalue weighted by Gasteiger charge is 2.30. The SMILES string of the molecule is CC(C)(Oc1ccc(Cl)cc1)C(=O)Nc1cccc(NC(=O)c2ccco2)c1. The van der Waals surface area contributed by atoms with Gasteiger partial charge in [0, 0.05) is 16.4 Å². The van der Waals surface area contributed by atoms with Crippen molar-refractivity contribution in [3.8, 4) is 5.75 Å². The molecule has 2 N–H and O–H groups in total. The van der Waals surface area contributed by atoms with Gasteiger partial charge in [-0.25, -0.2) is 0 Å². The van der Waals surface area contributed by atoms with Crippen LogP contribution in [0.15, 0.2) is 71.3 Å². The van der Waals surface area contributed by atoms with Crippen molar-refractivity contribution in [2.45, 2.75) is 19.4 Å². The van der Waals surface area contributed by atoms with E-state index in [1.165, 1.54) is 6.26 Å². The number of carbonyl (C=O) groups excluding carboxylic acids is 2. The number of hydrogen-bond donors (Lipinski definition) is 2. The van der Waals surface area contributed by atoms with Gasteiger partial charge in [0.05, 0.1) is 6.26 Å². The van der Waals surface area contributed by atoms with Gasteiger partial charge in [0.2, 0.25) is 0 Å². The predicted molar refractivity (Wildman–Crippen MR) is 108 cm³/mol. The quantitative estimate of drug-likeness (QED) is 0.613. The third kappa shape index (κ3) is 4.92. The van der Waals surface area contributed by atoms with Crippen molar-refractivity contribution in [2.75, 3.05) is 10.6 Å². The maximum Gasteiger partial charge on any atom is 0.291 e. The summed E-state index contributed by atoms with van der Waals surface area (Å²) in [6.45, 7) is 3.33. The number of nitrogens with one attached hydrogen (secondary N) is 2. The summed E-state index contributed by atoms with van der Waals surface area (Å²) >= 11 is 5.87. The number of furan rings is 1. The lowest BCUT2D eigenvalue weighted by atomic mass is 10.1. The normalized spacial score (nSPS) is 11.0. The number of ether oxygens (including phenoxy) is 1. The second-order valence-electron chi connectivity index (χ2n) is 6.53. The fourth-order valence-corrected chi connectivity index (χ4v) is 2.53. The van der Waals surface area contributed by atoms with E-state index in [0.29, 0.717) is 22.1 Å². The molecule has 0 spiro atoms. The molecule has 1 heterocycles. The molecule has 0 aliphatic carbocycles. The zero-order valence-corrected chi connectivity index (χ0v) is 16.1. The minimum absolute atomic E-state index is 0.201. The van der Waals surface area contributed by atoms with Crippen LogP contribution in [0.3, 0.4) is 0 Å². The first-order valence-electron chi connectivity index (χ1n) is 8.54. The summed E-state index contributed by atoms with van der Waals surface area (Å²) in [6.07, 6.45) is 1.42. The molecule has 0 aliphatic rings. The fourth-order valence-electron chi connectivity index (χ4n) is 2.40. The molecule has 3 rings (SSSR count). The van der Waals surface area contributed by atoms with E-state index in [1.54, 1.807) is 74.5 Å². The Labute approximate surface area is 167 Å². The van der Waals surface area contributed by atoms with E-state index in [0.717, 1.165) is 0 Å². The molecule has 28 heavy (non-hydrogen) atoms. The highest BCUT2D eigenvalue weighted by molar-refractivity contribution is 6.30. The van der Waals surface area contributed by atoms with Crippen LogP contribution >= 0.6 is 11.6 Å². The minimum Gasteiger partial charge on any atom is -0.478 e. The van der Waals surface area contributed by atoms with Crippen LogP contribution in [0, 0.1) is 0 Å². The van der Waals surface area contributed by atoms with Crippen LogP contribution in [0.25, 0.3) is 0 Å². The molecular formula is C21H19ClN2O4.